The third-order valence-corrected chi connectivity index (χ3v) is 4.71. The molecule has 0 aromatic heterocycles. The average molecular weight is 287 g/mol. The highest BCUT2D eigenvalue weighted by atomic mass is 32.2. The van der Waals surface area contributed by atoms with Gasteiger partial charge in [0.2, 0.25) is 10.0 Å². The van der Waals surface area contributed by atoms with Crippen LogP contribution in [0.15, 0.2) is 23.1 Å². The highest BCUT2D eigenvalue weighted by Gasteiger charge is 2.23. The first-order valence-corrected chi connectivity index (χ1v) is 7.96. The third-order valence-electron chi connectivity index (χ3n) is 3.19. The zero-order valence-electron chi connectivity index (χ0n) is 10.9. The minimum Gasteiger partial charge on any atom is -0.491 e. The van der Waals surface area contributed by atoms with Crippen LogP contribution < -0.4 is 9.46 Å². The summed E-state index contributed by atoms with van der Waals surface area (Å²) in [6, 6.07) is 3.60. The second-order valence-corrected chi connectivity index (χ2v) is 6.34. The van der Waals surface area contributed by atoms with Crippen molar-refractivity contribution in [1.82, 2.24) is 4.72 Å². The van der Waals surface area contributed by atoms with Crippen molar-refractivity contribution in [2.75, 3.05) is 6.61 Å². The molecule has 0 spiro atoms. The van der Waals surface area contributed by atoms with Gasteiger partial charge >= 0.3 is 0 Å². The van der Waals surface area contributed by atoms with Gasteiger partial charge in [0.1, 0.15) is 0 Å². The maximum absolute atomic E-state index is 13.4. The molecule has 1 saturated carbocycles. The van der Waals surface area contributed by atoms with Gasteiger partial charge in [-0.2, -0.15) is 0 Å². The lowest BCUT2D eigenvalue weighted by atomic mass is 10.3. The van der Waals surface area contributed by atoms with Crippen molar-refractivity contribution < 1.29 is 17.5 Å². The fourth-order valence-corrected chi connectivity index (χ4v) is 3.57. The molecule has 0 bridgehead atoms. The Hall–Kier alpha value is -1.14. The molecule has 1 N–H and O–H groups in total. The van der Waals surface area contributed by atoms with Gasteiger partial charge in [-0.15, -0.1) is 0 Å². The molecule has 19 heavy (non-hydrogen) atoms. The first kappa shape index (κ1) is 14.3. The van der Waals surface area contributed by atoms with E-state index in [0.717, 1.165) is 31.7 Å². The maximum Gasteiger partial charge on any atom is 0.240 e. The van der Waals surface area contributed by atoms with Crippen molar-refractivity contribution in [2.45, 2.75) is 43.5 Å². The molecule has 1 aliphatic carbocycles. The first-order valence-electron chi connectivity index (χ1n) is 6.47. The predicted octanol–water partition coefficient (Wildman–Crippen LogP) is 2.45. The molecular formula is C13H18FNO3S. The highest BCUT2D eigenvalue weighted by Crippen LogP contribution is 2.24. The molecule has 0 radical (unpaired) electrons. The molecule has 1 aromatic carbocycles. The van der Waals surface area contributed by atoms with Gasteiger partial charge in [0.25, 0.3) is 0 Å². The Labute approximate surface area is 113 Å². The Balaban J connectivity index is 2.21. The van der Waals surface area contributed by atoms with Crippen LogP contribution in [0, 0.1) is 5.82 Å². The van der Waals surface area contributed by atoms with Crippen LogP contribution in [0.2, 0.25) is 0 Å². The van der Waals surface area contributed by atoms with E-state index in [2.05, 4.69) is 4.72 Å². The lowest BCUT2D eigenvalue weighted by Crippen LogP contribution is -2.32. The Bertz CT molecular complexity index is 539. The summed E-state index contributed by atoms with van der Waals surface area (Å²) in [5, 5.41) is 0. The second-order valence-electron chi connectivity index (χ2n) is 4.63. The quantitative estimate of drug-likeness (QED) is 0.905. The average Bonchev–Trinajstić information content (AvgIpc) is 2.84. The SMILES string of the molecule is CCOc1cc(S(=O)(=O)NC2CCCC2)ccc1F. The number of sulfonamides is 1. The second kappa shape index (κ2) is 5.88. The Morgan fingerprint density at radius 3 is 2.68 bits per heavy atom. The molecule has 0 aliphatic heterocycles. The van der Waals surface area contributed by atoms with E-state index in [1.165, 1.54) is 12.1 Å². The molecular weight excluding hydrogens is 269 g/mol. The zero-order valence-corrected chi connectivity index (χ0v) is 11.7. The van der Waals surface area contributed by atoms with Crippen LogP contribution in [-0.2, 0) is 10.0 Å². The number of hydrogen-bond donors (Lipinski definition) is 1. The number of benzene rings is 1. The summed E-state index contributed by atoms with van der Waals surface area (Å²) < 4.78 is 45.5. The van der Waals surface area contributed by atoms with E-state index in [1.54, 1.807) is 6.92 Å². The molecule has 1 fully saturated rings. The molecule has 1 aliphatic rings. The first-order chi connectivity index (χ1) is 9.03. The molecule has 106 valence electrons. The molecule has 4 nitrogen and oxygen atoms in total. The maximum atomic E-state index is 13.4. The Morgan fingerprint density at radius 1 is 1.37 bits per heavy atom. The standard InChI is InChI=1S/C13H18FNO3S/c1-2-18-13-9-11(7-8-12(13)14)19(16,17)15-10-5-3-4-6-10/h7-10,15H,2-6H2,1H3. The lowest BCUT2D eigenvalue weighted by molar-refractivity contribution is 0.320. The Kier molecular flexibility index (Phi) is 4.42. The van der Waals surface area contributed by atoms with E-state index < -0.39 is 15.8 Å². The molecule has 0 unspecified atom stereocenters. The Morgan fingerprint density at radius 2 is 2.05 bits per heavy atom. The fraction of sp³-hybridized carbons (Fsp3) is 0.538. The minimum atomic E-state index is -3.60. The molecule has 0 heterocycles. The zero-order chi connectivity index (χ0) is 13.9. The number of hydrogen-bond acceptors (Lipinski definition) is 3. The lowest BCUT2D eigenvalue weighted by Gasteiger charge is -2.13. The summed E-state index contributed by atoms with van der Waals surface area (Å²) >= 11 is 0. The molecule has 2 rings (SSSR count). The van der Waals surface area contributed by atoms with Gasteiger partial charge in [-0.25, -0.2) is 17.5 Å². The summed E-state index contributed by atoms with van der Waals surface area (Å²) in [7, 11) is -3.60. The monoisotopic (exact) mass is 287 g/mol. The molecule has 6 heteroatoms. The van der Waals surface area contributed by atoms with Gasteiger partial charge in [0, 0.05) is 12.1 Å². The van der Waals surface area contributed by atoms with Crippen molar-refractivity contribution in [3.8, 4) is 5.75 Å². The van der Waals surface area contributed by atoms with Gasteiger partial charge in [-0.1, -0.05) is 12.8 Å². The summed E-state index contributed by atoms with van der Waals surface area (Å²) in [4.78, 5) is 0.0456. The normalized spacial score (nSPS) is 16.7. The van der Waals surface area contributed by atoms with Crippen LogP contribution >= 0.6 is 0 Å². The van der Waals surface area contributed by atoms with Crippen molar-refractivity contribution >= 4 is 10.0 Å². The van der Waals surface area contributed by atoms with Crippen LogP contribution in [-0.4, -0.2) is 21.1 Å². The number of rotatable bonds is 5. The predicted molar refractivity (Wildman–Crippen MR) is 70.1 cm³/mol. The van der Waals surface area contributed by atoms with Crippen LogP contribution in [0.1, 0.15) is 32.6 Å². The number of halogens is 1. The summed E-state index contributed by atoms with van der Waals surface area (Å²) in [6.45, 7) is 2.01. The summed E-state index contributed by atoms with van der Waals surface area (Å²) in [6.07, 6.45) is 3.80. The van der Waals surface area contributed by atoms with E-state index >= 15 is 0 Å². The summed E-state index contributed by atoms with van der Waals surface area (Å²) in [5.74, 6) is -0.585. The third kappa shape index (κ3) is 3.45. The molecule has 0 saturated heterocycles. The van der Waals surface area contributed by atoms with Crippen LogP contribution in [0.25, 0.3) is 0 Å². The largest absolute Gasteiger partial charge is 0.491 e. The van der Waals surface area contributed by atoms with E-state index in [9.17, 15) is 12.8 Å². The van der Waals surface area contributed by atoms with Gasteiger partial charge in [-0.05, 0) is 31.9 Å². The topological polar surface area (TPSA) is 55.4 Å². The molecule has 0 atom stereocenters. The van der Waals surface area contributed by atoms with Crippen molar-refractivity contribution in [2.24, 2.45) is 0 Å². The molecule has 0 amide bonds. The highest BCUT2D eigenvalue weighted by molar-refractivity contribution is 7.89. The molecule has 1 aromatic rings. The van der Waals surface area contributed by atoms with Crippen molar-refractivity contribution in [3.63, 3.8) is 0 Å². The fourth-order valence-electron chi connectivity index (χ4n) is 2.25. The van der Waals surface area contributed by atoms with Gasteiger partial charge < -0.3 is 4.74 Å². The minimum absolute atomic E-state index is 0.00871. The van der Waals surface area contributed by atoms with E-state index in [0.29, 0.717) is 0 Å². The van der Waals surface area contributed by atoms with Gasteiger partial charge in [0.05, 0.1) is 11.5 Å². The van der Waals surface area contributed by atoms with Gasteiger partial charge in [-0.3, -0.25) is 0 Å². The van der Waals surface area contributed by atoms with Crippen LogP contribution in [0.4, 0.5) is 4.39 Å². The smallest absolute Gasteiger partial charge is 0.240 e. The number of nitrogens with one attached hydrogen (secondary N) is 1. The van der Waals surface area contributed by atoms with Crippen LogP contribution in [0.5, 0.6) is 5.75 Å². The van der Waals surface area contributed by atoms with E-state index in [4.69, 9.17) is 4.74 Å². The van der Waals surface area contributed by atoms with Crippen molar-refractivity contribution in [3.05, 3.63) is 24.0 Å². The van der Waals surface area contributed by atoms with Gasteiger partial charge in [0.15, 0.2) is 11.6 Å². The van der Waals surface area contributed by atoms with Crippen LogP contribution in [0.3, 0.4) is 0 Å². The van der Waals surface area contributed by atoms with E-state index in [1.807, 2.05) is 0 Å². The van der Waals surface area contributed by atoms with Crippen molar-refractivity contribution in [1.29, 1.82) is 0 Å². The van der Waals surface area contributed by atoms with E-state index in [-0.39, 0.29) is 23.3 Å². The number of ether oxygens (including phenoxy) is 1. The summed E-state index contributed by atoms with van der Waals surface area (Å²) in [5.41, 5.74) is 0.